The van der Waals surface area contributed by atoms with E-state index in [1.54, 1.807) is 24.3 Å². The molecule has 2 aromatic rings. The summed E-state index contributed by atoms with van der Waals surface area (Å²) in [4.78, 5) is 24.4. The minimum absolute atomic E-state index is 0.00298. The fourth-order valence-corrected chi connectivity index (χ4v) is 3.70. The number of carbonyl (C=O) groups is 2. The van der Waals surface area contributed by atoms with Crippen molar-refractivity contribution in [3.05, 3.63) is 57.6 Å². The Morgan fingerprint density at radius 3 is 2.37 bits per heavy atom. The van der Waals surface area contributed by atoms with Gasteiger partial charge in [0, 0.05) is 20.6 Å². The Balaban J connectivity index is 1.78. The van der Waals surface area contributed by atoms with Crippen molar-refractivity contribution in [3.63, 3.8) is 0 Å². The molecule has 0 atom stereocenters. The molecule has 0 radical (unpaired) electrons. The number of hydrazine groups is 1. The van der Waals surface area contributed by atoms with Crippen LogP contribution >= 0.6 is 39.9 Å². The van der Waals surface area contributed by atoms with E-state index in [0.717, 1.165) is 26.2 Å². The molecule has 27 heavy (non-hydrogen) atoms. The number of hydrogen-bond acceptors (Lipinski definition) is 4. The lowest BCUT2D eigenvalue weighted by Gasteiger charge is -2.12. The first-order valence-corrected chi connectivity index (χ1v) is 10.3. The van der Waals surface area contributed by atoms with Gasteiger partial charge < -0.3 is 5.32 Å². The van der Waals surface area contributed by atoms with Crippen molar-refractivity contribution < 1.29 is 9.59 Å². The number of anilines is 1. The fraction of sp³-hybridized carbons (Fsp3) is 0.211. The van der Waals surface area contributed by atoms with E-state index >= 15 is 0 Å². The Hall–Kier alpha value is -1.90. The van der Waals surface area contributed by atoms with Gasteiger partial charge in [0.15, 0.2) is 10.9 Å². The van der Waals surface area contributed by atoms with Gasteiger partial charge in [-0.05, 0) is 80.5 Å². The number of aryl methyl sites for hydroxylation is 2. The van der Waals surface area contributed by atoms with Gasteiger partial charge in [0.1, 0.15) is 0 Å². The van der Waals surface area contributed by atoms with Crippen molar-refractivity contribution in [1.29, 1.82) is 0 Å². The number of nitrogens with one attached hydrogen (secondary N) is 3. The molecule has 0 aliphatic heterocycles. The van der Waals surface area contributed by atoms with Gasteiger partial charge in [-0.15, -0.1) is 11.8 Å². The van der Waals surface area contributed by atoms with Crippen LogP contribution in [0.3, 0.4) is 0 Å². The van der Waals surface area contributed by atoms with Crippen LogP contribution < -0.4 is 16.2 Å². The van der Waals surface area contributed by atoms with Crippen LogP contribution in [0.5, 0.6) is 0 Å². The summed E-state index contributed by atoms with van der Waals surface area (Å²) in [7, 11) is 0. The summed E-state index contributed by atoms with van der Waals surface area (Å²) in [6, 6.07) is 11.0. The van der Waals surface area contributed by atoms with E-state index in [1.807, 2.05) is 19.9 Å². The van der Waals surface area contributed by atoms with E-state index in [1.165, 1.54) is 18.7 Å². The highest BCUT2D eigenvalue weighted by Crippen LogP contribution is 2.28. The van der Waals surface area contributed by atoms with Crippen molar-refractivity contribution in [2.75, 3.05) is 11.1 Å². The topological polar surface area (TPSA) is 70.2 Å². The summed E-state index contributed by atoms with van der Waals surface area (Å²) >= 11 is 10.1. The quantitative estimate of drug-likeness (QED) is 0.263. The molecular weight excluding hydrogens is 446 g/mol. The van der Waals surface area contributed by atoms with Gasteiger partial charge in [-0.1, -0.05) is 15.9 Å². The minimum atomic E-state index is -0.184. The van der Waals surface area contributed by atoms with Crippen LogP contribution in [0.4, 0.5) is 5.69 Å². The predicted octanol–water partition coefficient (Wildman–Crippen LogP) is 4.38. The number of Topliss-reactive ketones (excluding diaryl/α,β-unsaturated/α-hetero) is 1. The molecule has 3 N–H and O–H groups in total. The number of benzene rings is 2. The Morgan fingerprint density at radius 1 is 1.07 bits per heavy atom. The zero-order chi connectivity index (χ0) is 20.0. The molecule has 0 saturated heterocycles. The van der Waals surface area contributed by atoms with Gasteiger partial charge in [0.25, 0.3) is 0 Å². The van der Waals surface area contributed by atoms with Crippen LogP contribution in [0, 0.1) is 13.8 Å². The monoisotopic (exact) mass is 465 g/mol. The highest BCUT2D eigenvalue weighted by Gasteiger charge is 2.08. The maximum atomic E-state index is 12.0. The average molecular weight is 466 g/mol. The summed E-state index contributed by atoms with van der Waals surface area (Å²) in [5, 5.41) is 3.21. The first-order chi connectivity index (χ1) is 12.8. The molecule has 0 bridgehead atoms. The fourth-order valence-electron chi connectivity index (χ4n) is 2.17. The van der Waals surface area contributed by atoms with Crippen LogP contribution in [0.2, 0.25) is 0 Å². The molecule has 0 fully saturated rings. The van der Waals surface area contributed by atoms with E-state index in [2.05, 4.69) is 38.2 Å². The molecule has 2 rings (SSSR count). The van der Waals surface area contributed by atoms with Crippen LogP contribution in [-0.4, -0.2) is 22.6 Å². The third kappa shape index (κ3) is 6.64. The van der Waals surface area contributed by atoms with Gasteiger partial charge in [-0.25, -0.2) is 0 Å². The normalized spacial score (nSPS) is 10.2. The third-order valence-corrected chi connectivity index (χ3v) is 5.90. The number of rotatable bonds is 5. The molecule has 0 aromatic heterocycles. The van der Waals surface area contributed by atoms with E-state index in [4.69, 9.17) is 12.2 Å². The Morgan fingerprint density at radius 2 is 1.74 bits per heavy atom. The van der Waals surface area contributed by atoms with E-state index in [9.17, 15) is 9.59 Å². The molecule has 0 saturated carbocycles. The van der Waals surface area contributed by atoms with Crippen molar-refractivity contribution in [3.8, 4) is 0 Å². The molecular formula is C19H20BrN3O2S2. The predicted molar refractivity (Wildman–Crippen MR) is 118 cm³/mol. The van der Waals surface area contributed by atoms with Gasteiger partial charge in [0.05, 0.1) is 5.75 Å². The molecule has 8 heteroatoms. The lowest BCUT2D eigenvalue weighted by molar-refractivity contribution is -0.119. The van der Waals surface area contributed by atoms with Crippen LogP contribution in [0.1, 0.15) is 28.4 Å². The summed E-state index contributed by atoms with van der Waals surface area (Å²) < 4.78 is 1.06. The highest BCUT2D eigenvalue weighted by molar-refractivity contribution is 9.10. The second-order valence-electron chi connectivity index (χ2n) is 5.92. The van der Waals surface area contributed by atoms with E-state index in [0.29, 0.717) is 5.56 Å². The zero-order valence-electron chi connectivity index (χ0n) is 15.2. The molecule has 0 aliphatic carbocycles. The van der Waals surface area contributed by atoms with Crippen LogP contribution in [0.15, 0.2) is 45.8 Å². The molecule has 2 aromatic carbocycles. The summed E-state index contributed by atoms with van der Waals surface area (Å²) in [5.74, 6) is 0.0875. The lowest BCUT2D eigenvalue weighted by Crippen LogP contribution is -2.44. The number of halogens is 1. The molecule has 0 aliphatic rings. The van der Waals surface area contributed by atoms with E-state index in [-0.39, 0.29) is 22.6 Å². The lowest BCUT2D eigenvalue weighted by atomic mass is 10.1. The highest BCUT2D eigenvalue weighted by atomic mass is 79.9. The SMILES string of the molecule is CC(=O)c1ccc(NC(=S)NNC(=O)CSc2cc(C)c(Br)cc2C)cc1. The number of carbonyl (C=O) groups excluding carboxylic acids is 2. The van der Waals surface area contributed by atoms with Crippen molar-refractivity contribution in [1.82, 2.24) is 10.9 Å². The maximum absolute atomic E-state index is 12.0. The molecule has 0 heterocycles. The number of thioether (sulfide) groups is 1. The summed E-state index contributed by atoms with van der Waals surface area (Å²) in [6.45, 7) is 5.54. The Labute approximate surface area is 176 Å². The van der Waals surface area contributed by atoms with Crippen LogP contribution in [0.25, 0.3) is 0 Å². The molecule has 1 amide bonds. The van der Waals surface area contributed by atoms with E-state index < -0.39 is 0 Å². The number of ketones is 1. The van der Waals surface area contributed by atoms with Crippen LogP contribution in [-0.2, 0) is 4.79 Å². The maximum Gasteiger partial charge on any atom is 0.248 e. The molecule has 0 unspecified atom stereocenters. The third-order valence-electron chi connectivity index (χ3n) is 3.68. The Kier molecular flexibility index (Phi) is 7.82. The zero-order valence-corrected chi connectivity index (χ0v) is 18.4. The van der Waals surface area contributed by atoms with Crippen molar-refractivity contribution >= 4 is 62.4 Å². The first kappa shape index (κ1) is 21.4. The Bertz CT molecular complexity index is 870. The summed E-state index contributed by atoms with van der Waals surface area (Å²) in [6.07, 6.45) is 0. The second-order valence-corrected chi connectivity index (χ2v) is 8.20. The average Bonchev–Trinajstić information content (AvgIpc) is 2.62. The summed E-state index contributed by atoms with van der Waals surface area (Å²) in [5.41, 5.74) is 8.84. The van der Waals surface area contributed by atoms with Gasteiger partial charge >= 0.3 is 0 Å². The van der Waals surface area contributed by atoms with Crippen molar-refractivity contribution in [2.24, 2.45) is 0 Å². The molecule has 5 nitrogen and oxygen atoms in total. The number of amides is 1. The molecule has 142 valence electrons. The smallest absolute Gasteiger partial charge is 0.248 e. The van der Waals surface area contributed by atoms with Crippen molar-refractivity contribution in [2.45, 2.75) is 25.7 Å². The van der Waals surface area contributed by atoms with Gasteiger partial charge in [-0.2, -0.15) is 0 Å². The second kappa shape index (κ2) is 9.87. The van der Waals surface area contributed by atoms with Gasteiger partial charge in [0.2, 0.25) is 5.91 Å². The van der Waals surface area contributed by atoms with Gasteiger partial charge in [-0.3, -0.25) is 20.4 Å². The largest absolute Gasteiger partial charge is 0.331 e. The molecule has 0 spiro atoms. The minimum Gasteiger partial charge on any atom is -0.331 e. The standard InChI is InChI=1S/C19H20BrN3O2S2/c1-11-9-17(12(2)8-16(11)20)27-10-18(25)22-23-19(26)21-15-6-4-14(5-7-15)13(3)24/h4-9H,10H2,1-3H3,(H,22,25)(H2,21,23,26). The number of thiocarbonyl (C=S) groups is 1. The number of hydrogen-bond donors (Lipinski definition) is 3. The first-order valence-electron chi connectivity index (χ1n) is 8.12.